The average Bonchev–Trinajstić information content (AvgIpc) is 3.33. The highest BCUT2D eigenvalue weighted by Gasteiger charge is 2.18. The zero-order valence-electron chi connectivity index (χ0n) is 16.6. The highest BCUT2D eigenvalue weighted by atomic mass is 32.1. The summed E-state index contributed by atoms with van der Waals surface area (Å²) in [6, 6.07) is 13.9. The van der Waals surface area contributed by atoms with Gasteiger partial charge in [0.25, 0.3) is 5.91 Å². The van der Waals surface area contributed by atoms with Gasteiger partial charge in [0.05, 0.1) is 12.8 Å². The molecule has 4 rings (SSSR count). The lowest BCUT2D eigenvalue weighted by Crippen LogP contribution is -2.25. The molecule has 0 bridgehead atoms. The number of amides is 1. The van der Waals surface area contributed by atoms with Gasteiger partial charge in [0.1, 0.15) is 16.3 Å². The summed E-state index contributed by atoms with van der Waals surface area (Å²) in [7, 11) is 1.62. The number of furan rings is 1. The minimum atomic E-state index is -0.216. The molecule has 148 valence electrons. The molecule has 0 fully saturated rings. The Kier molecular flexibility index (Phi) is 5.36. The molecule has 0 atom stereocenters. The van der Waals surface area contributed by atoms with Crippen molar-refractivity contribution in [1.29, 1.82) is 0 Å². The summed E-state index contributed by atoms with van der Waals surface area (Å²) >= 11 is 1.62. The lowest BCUT2D eigenvalue weighted by Gasteiger charge is -2.02. The van der Waals surface area contributed by atoms with Crippen LogP contribution < -0.4 is 10.1 Å². The minimum Gasteiger partial charge on any atom is -0.497 e. The van der Waals surface area contributed by atoms with Crippen LogP contribution in [0, 0.1) is 13.8 Å². The van der Waals surface area contributed by atoms with Crippen LogP contribution in [-0.4, -0.2) is 24.5 Å². The number of rotatable bonds is 6. The van der Waals surface area contributed by atoms with Crippen LogP contribution in [0.25, 0.3) is 21.5 Å². The van der Waals surface area contributed by atoms with Gasteiger partial charge in [-0.1, -0.05) is 29.8 Å². The van der Waals surface area contributed by atoms with Crippen LogP contribution in [0.5, 0.6) is 5.75 Å². The third-order valence-electron chi connectivity index (χ3n) is 4.87. The van der Waals surface area contributed by atoms with Crippen molar-refractivity contribution in [1.82, 2.24) is 10.3 Å². The fourth-order valence-electron chi connectivity index (χ4n) is 3.18. The largest absolute Gasteiger partial charge is 0.497 e. The van der Waals surface area contributed by atoms with Crippen molar-refractivity contribution >= 4 is 28.2 Å². The Hall–Kier alpha value is -3.12. The van der Waals surface area contributed by atoms with E-state index in [1.807, 2.05) is 30.5 Å². The lowest BCUT2D eigenvalue weighted by atomic mass is 10.1. The second-order valence-electron chi connectivity index (χ2n) is 6.93. The monoisotopic (exact) mass is 406 g/mol. The standard InChI is InChI=1S/C23H22N2O3S/c1-14-4-6-16(7-5-14)23-25-17(13-29-23)10-11-24-22(26)21-15(2)19-12-18(27-3)8-9-20(19)28-21/h4-9,12-13H,10-11H2,1-3H3,(H,24,26). The molecule has 2 aromatic heterocycles. The summed E-state index contributed by atoms with van der Waals surface area (Å²) in [5, 5.41) is 6.86. The van der Waals surface area contributed by atoms with E-state index < -0.39 is 0 Å². The van der Waals surface area contributed by atoms with E-state index in [4.69, 9.17) is 9.15 Å². The van der Waals surface area contributed by atoms with Crippen LogP contribution in [0.4, 0.5) is 0 Å². The number of carbonyl (C=O) groups excluding carboxylic acids is 1. The van der Waals surface area contributed by atoms with Crippen LogP contribution in [0.1, 0.15) is 27.4 Å². The molecule has 1 N–H and O–H groups in total. The summed E-state index contributed by atoms with van der Waals surface area (Å²) in [4.78, 5) is 17.3. The number of fused-ring (bicyclic) bond motifs is 1. The Bertz CT molecular complexity index is 1160. The van der Waals surface area contributed by atoms with E-state index in [9.17, 15) is 4.79 Å². The molecule has 0 aliphatic carbocycles. The van der Waals surface area contributed by atoms with Gasteiger partial charge in [-0.2, -0.15) is 0 Å². The summed E-state index contributed by atoms with van der Waals surface area (Å²) in [6.45, 7) is 4.45. The van der Waals surface area contributed by atoms with E-state index >= 15 is 0 Å². The van der Waals surface area contributed by atoms with Gasteiger partial charge in [0, 0.05) is 34.9 Å². The maximum absolute atomic E-state index is 12.6. The number of hydrogen-bond donors (Lipinski definition) is 1. The summed E-state index contributed by atoms with van der Waals surface area (Å²) in [5.41, 5.74) is 4.80. The number of aromatic nitrogens is 1. The Morgan fingerprint density at radius 3 is 2.72 bits per heavy atom. The zero-order valence-corrected chi connectivity index (χ0v) is 17.4. The van der Waals surface area contributed by atoms with Crippen molar-refractivity contribution in [2.45, 2.75) is 20.3 Å². The predicted molar refractivity (Wildman–Crippen MR) is 116 cm³/mol. The molecule has 0 unspecified atom stereocenters. The fourth-order valence-corrected chi connectivity index (χ4v) is 4.04. The third-order valence-corrected chi connectivity index (χ3v) is 5.81. The Morgan fingerprint density at radius 1 is 1.17 bits per heavy atom. The Labute approximate surface area is 173 Å². The van der Waals surface area contributed by atoms with Crippen LogP contribution in [0.2, 0.25) is 0 Å². The third kappa shape index (κ3) is 4.03. The molecule has 6 heteroatoms. The molecule has 5 nitrogen and oxygen atoms in total. The van der Waals surface area contributed by atoms with Crippen molar-refractivity contribution < 1.29 is 13.9 Å². The van der Waals surface area contributed by atoms with Crippen LogP contribution in [0.15, 0.2) is 52.3 Å². The summed E-state index contributed by atoms with van der Waals surface area (Å²) < 4.78 is 11.0. The van der Waals surface area contributed by atoms with Gasteiger partial charge in [0.2, 0.25) is 0 Å². The first kappa shape index (κ1) is 19.2. The topological polar surface area (TPSA) is 64.4 Å². The number of ether oxygens (including phenoxy) is 1. The molecular weight excluding hydrogens is 384 g/mol. The number of thiazole rings is 1. The van der Waals surface area contributed by atoms with Gasteiger partial charge in [-0.25, -0.2) is 4.98 Å². The number of carbonyl (C=O) groups is 1. The van der Waals surface area contributed by atoms with E-state index in [1.54, 1.807) is 18.4 Å². The molecule has 0 saturated heterocycles. The van der Waals surface area contributed by atoms with Crippen LogP contribution in [-0.2, 0) is 6.42 Å². The fraction of sp³-hybridized carbons (Fsp3) is 0.217. The number of aryl methyl sites for hydroxylation is 2. The number of nitrogens with zero attached hydrogens (tertiary/aromatic N) is 1. The van der Waals surface area contributed by atoms with Crippen molar-refractivity contribution in [3.8, 4) is 16.3 Å². The van der Waals surface area contributed by atoms with Gasteiger partial charge < -0.3 is 14.5 Å². The number of benzene rings is 2. The molecule has 0 aliphatic rings. The van der Waals surface area contributed by atoms with Crippen molar-refractivity contribution in [2.24, 2.45) is 0 Å². The molecule has 1 amide bonds. The molecular formula is C23H22N2O3S. The highest BCUT2D eigenvalue weighted by molar-refractivity contribution is 7.13. The van der Waals surface area contributed by atoms with Gasteiger partial charge in [0.15, 0.2) is 5.76 Å². The average molecular weight is 407 g/mol. The van der Waals surface area contributed by atoms with Crippen LogP contribution in [0.3, 0.4) is 0 Å². The number of hydrogen-bond acceptors (Lipinski definition) is 5. The van der Waals surface area contributed by atoms with E-state index in [-0.39, 0.29) is 5.91 Å². The van der Waals surface area contributed by atoms with E-state index in [0.717, 1.165) is 33.0 Å². The zero-order chi connectivity index (χ0) is 20.4. The molecule has 4 aromatic rings. The second-order valence-corrected chi connectivity index (χ2v) is 7.79. The molecule has 0 radical (unpaired) electrons. The second kappa shape index (κ2) is 8.09. The number of nitrogens with one attached hydrogen (secondary N) is 1. The first-order valence-electron chi connectivity index (χ1n) is 9.42. The normalized spacial score (nSPS) is 11.0. The molecule has 2 aromatic carbocycles. The van der Waals surface area contributed by atoms with E-state index in [1.165, 1.54) is 5.56 Å². The van der Waals surface area contributed by atoms with Crippen molar-refractivity contribution in [3.63, 3.8) is 0 Å². The quantitative estimate of drug-likeness (QED) is 0.481. The molecule has 0 saturated carbocycles. The van der Waals surface area contributed by atoms with Crippen LogP contribution >= 0.6 is 11.3 Å². The highest BCUT2D eigenvalue weighted by Crippen LogP contribution is 2.29. The van der Waals surface area contributed by atoms with Crippen molar-refractivity contribution in [3.05, 3.63) is 70.4 Å². The molecule has 0 spiro atoms. The Balaban J connectivity index is 1.40. The summed E-state index contributed by atoms with van der Waals surface area (Å²) in [5.74, 6) is 0.861. The minimum absolute atomic E-state index is 0.216. The predicted octanol–water partition coefficient (Wildman–Crippen LogP) is 5.15. The number of methoxy groups -OCH3 is 1. The van der Waals surface area contributed by atoms with Gasteiger partial charge >= 0.3 is 0 Å². The van der Waals surface area contributed by atoms with E-state index in [2.05, 4.69) is 41.5 Å². The van der Waals surface area contributed by atoms with Gasteiger partial charge in [-0.05, 0) is 32.0 Å². The summed E-state index contributed by atoms with van der Waals surface area (Å²) in [6.07, 6.45) is 0.668. The van der Waals surface area contributed by atoms with E-state index in [0.29, 0.717) is 24.3 Å². The maximum Gasteiger partial charge on any atom is 0.287 e. The lowest BCUT2D eigenvalue weighted by molar-refractivity contribution is 0.0927. The van der Waals surface area contributed by atoms with Crippen molar-refractivity contribution in [2.75, 3.05) is 13.7 Å². The smallest absolute Gasteiger partial charge is 0.287 e. The SMILES string of the molecule is COc1ccc2oc(C(=O)NCCc3csc(-c4ccc(C)cc4)n3)c(C)c2c1. The first-order valence-corrected chi connectivity index (χ1v) is 10.3. The Morgan fingerprint density at radius 2 is 1.97 bits per heavy atom. The van der Waals surface area contributed by atoms with Gasteiger partial charge in [-0.15, -0.1) is 11.3 Å². The van der Waals surface area contributed by atoms with Gasteiger partial charge in [-0.3, -0.25) is 4.79 Å². The molecule has 2 heterocycles. The molecule has 29 heavy (non-hydrogen) atoms. The molecule has 0 aliphatic heterocycles. The first-order chi connectivity index (χ1) is 14.0. The maximum atomic E-state index is 12.6.